The number of aryl methyl sites for hydroxylation is 1. The SMILES string of the molecule is CC(C)(CC#N)c1c(-c2ccc(C(=O)O)cc2)c2cc3[nH]ncc3cc2n1-c1ccc(F)c(C#N)c1.COc1cc(-n2c(C(C)(C)CC#N)c(-c3ccc(C(=O)O)cc3)c3cc4[nH]ncc4cc32)ccn1.Cc1cc(-n2c(C(C)(C)CC#N)c(-c3ccc(C(=O)O)cc3)c3cc4[nH]ncc4cc32)ncc1F. The van der Waals surface area contributed by atoms with Gasteiger partial charge in [-0.2, -0.15) is 36.3 Å². The highest BCUT2D eigenvalue weighted by atomic mass is 19.1. The van der Waals surface area contributed by atoms with Crippen LogP contribution in [0, 0.1) is 63.9 Å². The fourth-order valence-corrected chi connectivity index (χ4v) is 14.0. The fraction of sp³-hybridized carbons (Fsp3) is 0.171. The number of nitrogens with zero attached hydrogens (tertiary/aromatic N) is 12. The molecule has 15 rings (SSSR count). The fourth-order valence-electron chi connectivity index (χ4n) is 14.0. The van der Waals surface area contributed by atoms with Crippen molar-refractivity contribution in [3.05, 3.63) is 233 Å². The highest BCUT2D eigenvalue weighted by Crippen LogP contribution is 2.49. The summed E-state index contributed by atoms with van der Waals surface area (Å²) in [4.78, 5) is 43.1. The van der Waals surface area contributed by atoms with Crippen molar-refractivity contribution in [2.24, 2.45) is 0 Å². The molecule has 0 unspecified atom stereocenters. The Hall–Kier alpha value is -14.1. The minimum absolute atomic E-state index is 0.0878. The van der Waals surface area contributed by atoms with Gasteiger partial charge in [0.2, 0.25) is 5.88 Å². The number of aromatic carboxylic acids is 3. The molecule has 6 N–H and O–H groups in total. The van der Waals surface area contributed by atoms with Gasteiger partial charge in [0.25, 0.3) is 0 Å². The molecule has 0 bridgehead atoms. The van der Waals surface area contributed by atoms with Crippen molar-refractivity contribution in [2.45, 2.75) is 84.0 Å². The van der Waals surface area contributed by atoms with Crippen LogP contribution in [0.25, 0.3) is 116 Å². The van der Waals surface area contributed by atoms with E-state index in [1.807, 2.05) is 105 Å². The van der Waals surface area contributed by atoms with Crippen LogP contribution in [0.4, 0.5) is 8.78 Å². The zero-order valence-electron chi connectivity index (χ0n) is 58.5. The van der Waals surface area contributed by atoms with E-state index >= 15 is 0 Å². The topological polar surface area (TPSA) is 343 Å². The number of nitriles is 4. The van der Waals surface area contributed by atoms with E-state index in [4.69, 9.17) is 4.74 Å². The average molecular weight is 1410 g/mol. The number of fused-ring (bicyclic) bond motifs is 6. The number of ether oxygens (including phenoxy) is 1. The van der Waals surface area contributed by atoms with Crippen LogP contribution in [0.2, 0.25) is 0 Å². The molecule has 524 valence electrons. The quantitative estimate of drug-likeness (QED) is 0.0523. The lowest BCUT2D eigenvalue weighted by atomic mass is 9.81. The van der Waals surface area contributed by atoms with Crippen molar-refractivity contribution in [3.63, 3.8) is 0 Å². The third-order valence-corrected chi connectivity index (χ3v) is 19.1. The van der Waals surface area contributed by atoms with Crippen LogP contribution < -0.4 is 4.74 Å². The molecule has 0 fully saturated rings. The summed E-state index contributed by atoms with van der Waals surface area (Å²) in [5.74, 6) is -3.01. The molecule has 0 amide bonds. The number of methoxy groups -OCH3 is 1. The third-order valence-electron chi connectivity index (χ3n) is 19.1. The largest absolute Gasteiger partial charge is 0.481 e. The van der Waals surface area contributed by atoms with E-state index in [0.29, 0.717) is 22.9 Å². The first-order valence-electron chi connectivity index (χ1n) is 33.3. The number of hydrogen-bond donors (Lipinski definition) is 6. The third kappa shape index (κ3) is 12.8. The summed E-state index contributed by atoms with van der Waals surface area (Å²) in [5, 5.41) is 93.6. The molecular formula is C82H65F2N15O7. The normalized spacial score (nSPS) is 11.6. The van der Waals surface area contributed by atoms with E-state index in [1.54, 1.807) is 112 Å². The van der Waals surface area contributed by atoms with Crippen LogP contribution in [-0.2, 0) is 16.2 Å². The van der Waals surface area contributed by atoms with Crippen molar-refractivity contribution in [1.82, 2.24) is 54.3 Å². The van der Waals surface area contributed by atoms with E-state index in [9.17, 15) is 59.5 Å². The maximum absolute atomic E-state index is 14.3. The molecule has 8 aromatic heterocycles. The summed E-state index contributed by atoms with van der Waals surface area (Å²) in [5.41, 5.74) is 13.2. The molecule has 15 aromatic rings. The number of nitrogens with one attached hydrogen (secondary N) is 3. The number of benzene rings is 7. The minimum atomic E-state index is -1.02. The zero-order chi connectivity index (χ0) is 75.3. The van der Waals surface area contributed by atoms with Crippen LogP contribution in [0.5, 0.6) is 5.88 Å². The standard InChI is InChI=1S/C28H20FN5O2.C27H22FN5O2.C27H23N5O3/c1-28(2,9-10-30)26-25(16-3-5-17(6-4-16)27(35)36)21-13-23-19(15-32-33-23)12-24(21)34(26)20-7-8-22(29)18(11-20)14-31;1-15-10-23(30-14-20(15)28)33-22-11-18-13-31-32-21(18)12-19(22)24(25(33)27(2,3)8-9-29)16-4-6-17(7-5-16)26(34)35;1-27(2,9-10-28)25-24(16-4-6-17(7-5-16)26(33)34)20-14-21-18(15-30-31-21)12-22(20)32(25)19-8-11-29-23(13-19)35-3/h3-8,11-13,15H,9H2,1-2H3,(H,32,33)(H,35,36);4-7,10-14H,8H2,1-3H3,(H,31,32)(H,34,35);4-8,11-15H,9H2,1-3H3,(H,30,31)(H,33,34). The van der Waals surface area contributed by atoms with Gasteiger partial charge < -0.3 is 29.2 Å². The second-order valence-electron chi connectivity index (χ2n) is 27.6. The molecule has 22 nitrogen and oxygen atoms in total. The van der Waals surface area contributed by atoms with Crippen LogP contribution in [0.1, 0.15) is 120 Å². The van der Waals surface area contributed by atoms with E-state index in [1.165, 1.54) is 18.3 Å². The Kier molecular flexibility index (Phi) is 18.4. The molecule has 106 heavy (non-hydrogen) atoms. The van der Waals surface area contributed by atoms with Crippen LogP contribution in [0.15, 0.2) is 177 Å². The summed E-state index contributed by atoms with van der Waals surface area (Å²) >= 11 is 0. The molecule has 0 saturated heterocycles. The van der Waals surface area contributed by atoms with Gasteiger partial charge in [-0.05, 0) is 132 Å². The van der Waals surface area contributed by atoms with Crippen molar-refractivity contribution < 1.29 is 43.2 Å². The maximum atomic E-state index is 14.3. The van der Waals surface area contributed by atoms with Crippen molar-refractivity contribution in [2.75, 3.05) is 7.11 Å². The predicted molar refractivity (Wildman–Crippen MR) is 397 cm³/mol. The van der Waals surface area contributed by atoms with E-state index in [2.05, 4.69) is 75.5 Å². The van der Waals surface area contributed by atoms with Crippen LogP contribution in [-0.4, -0.2) is 94.6 Å². The Bertz CT molecular complexity index is 6220. The summed E-state index contributed by atoms with van der Waals surface area (Å²) in [7, 11) is 1.57. The molecule has 8 heterocycles. The molecule has 0 spiro atoms. The number of pyridine rings is 2. The monoisotopic (exact) mass is 1410 g/mol. The second-order valence-corrected chi connectivity index (χ2v) is 27.6. The maximum Gasteiger partial charge on any atom is 0.335 e. The van der Waals surface area contributed by atoms with E-state index in [-0.39, 0.29) is 41.5 Å². The number of carboxylic acid groups (broad SMARTS) is 3. The van der Waals surface area contributed by atoms with E-state index < -0.39 is 45.8 Å². The number of carboxylic acids is 3. The molecule has 0 aliphatic heterocycles. The molecule has 0 saturated carbocycles. The minimum Gasteiger partial charge on any atom is -0.481 e. The molecule has 0 radical (unpaired) electrons. The van der Waals surface area contributed by atoms with Crippen LogP contribution in [0.3, 0.4) is 0 Å². The number of halogens is 2. The number of hydrogen-bond acceptors (Lipinski definition) is 13. The first-order valence-corrected chi connectivity index (χ1v) is 33.3. The number of aromatic nitrogens is 11. The number of carbonyl (C=O) groups is 3. The van der Waals surface area contributed by atoms with Crippen LogP contribution >= 0.6 is 0 Å². The smallest absolute Gasteiger partial charge is 0.335 e. The van der Waals surface area contributed by atoms with Crippen molar-refractivity contribution in [1.29, 1.82) is 21.0 Å². The van der Waals surface area contributed by atoms with Gasteiger partial charge in [0, 0.05) is 120 Å². The average Bonchev–Trinajstić information content (AvgIpc) is 1.58. The molecule has 0 aliphatic rings. The molecule has 0 atom stereocenters. The summed E-state index contributed by atoms with van der Waals surface area (Å²) in [6.07, 6.45) is 8.81. The number of rotatable bonds is 16. The van der Waals surface area contributed by atoms with E-state index in [0.717, 1.165) is 122 Å². The van der Waals surface area contributed by atoms with Gasteiger partial charge in [0.05, 0.1) is 111 Å². The highest BCUT2D eigenvalue weighted by Gasteiger charge is 2.36. The summed E-state index contributed by atoms with van der Waals surface area (Å²) < 4.78 is 39.9. The highest BCUT2D eigenvalue weighted by molar-refractivity contribution is 6.09. The van der Waals surface area contributed by atoms with Gasteiger partial charge in [-0.3, -0.25) is 19.9 Å². The van der Waals surface area contributed by atoms with Crippen molar-refractivity contribution >= 4 is 83.3 Å². The summed E-state index contributed by atoms with van der Waals surface area (Å²) in [6.45, 7) is 13.7. The summed E-state index contributed by atoms with van der Waals surface area (Å²) in [6, 6.07) is 50.8. The van der Waals surface area contributed by atoms with Gasteiger partial charge in [-0.1, -0.05) is 77.9 Å². The molecular weight excluding hydrogens is 1340 g/mol. The Balaban J connectivity index is 0.000000141. The molecule has 24 heteroatoms. The lowest BCUT2D eigenvalue weighted by Crippen LogP contribution is -2.22. The van der Waals surface area contributed by atoms with Gasteiger partial charge >= 0.3 is 17.9 Å². The zero-order valence-corrected chi connectivity index (χ0v) is 58.5. The number of aromatic amines is 3. The second kappa shape index (κ2) is 27.7. The Morgan fingerprint density at radius 1 is 0.472 bits per heavy atom. The molecule has 0 aliphatic carbocycles. The predicted octanol–water partition coefficient (Wildman–Crippen LogP) is 17.4. The van der Waals surface area contributed by atoms with Gasteiger partial charge in [0.15, 0.2) is 0 Å². The Morgan fingerprint density at radius 3 is 1.21 bits per heavy atom. The lowest BCUT2D eigenvalue weighted by molar-refractivity contribution is 0.0686. The molecule has 7 aromatic carbocycles. The first-order chi connectivity index (χ1) is 50.8. The van der Waals surface area contributed by atoms with Crippen molar-refractivity contribution in [3.8, 4) is 80.7 Å². The van der Waals surface area contributed by atoms with Gasteiger partial charge in [-0.25, -0.2) is 33.1 Å². The van der Waals surface area contributed by atoms with Gasteiger partial charge in [-0.15, -0.1) is 0 Å². The first kappa shape index (κ1) is 70.3. The Labute approximate surface area is 603 Å². The number of H-pyrrole nitrogens is 3. The Morgan fingerprint density at radius 2 is 0.849 bits per heavy atom. The van der Waals surface area contributed by atoms with Gasteiger partial charge in [0.1, 0.15) is 23.5 Å². The lowest BCUT2D eigenvalue weighted by Gasteiger charge is -2.26.